The molecule has 1 fully saturated rings. The van der Waals surface area contributed by atoms with Gasteiger partial charge in [-0.3, -0.25) is 19.3 Å². The summed E-state index contributed by atoms with van der Waals surface area (Å²) in [7, 11) is 0. The third-order valence-electron chi connectivity index (χ3n) is 4.88. The second-order valence-corrected chi connectivity index (χ2v) is 7.35. The fraction of sp³-hybridized carbons (Fsp3) is 0.444. The fourth-order valence-electron chi connectivity index (χ4n) is 3.30. The van der Waals surface area contributed by atoms with Crippen molar-refractivity contribution in [3.05, 3.63) is 40.4 Å². The molecular weight excluding hydrogens is 392 g/mol. The van der Waals surface area contributed by atoms with Crippen molar-refractivity contribution in [2.45, 2.75) is 45.1 Å². The van der Waals surface area contributed by atoms with Crippen molar-refractivity contribution in [3.8, 4) is 0 Å². The summed E-state index contributed by atoms with van der Waals surface area (Å²) in [4.78, 5) is 27.9. The molecule has 2 heterocycles. The molecule has 0 spiro atoms. The Morgan fingerprint density at radius 2 is 2.07 bits per heavy atom. The van der Waals surface area contributed by atoms with Crippen LogP contribution in [-0.2, 0) is 6.54 Å². The Bertz CT molecular complexity index is 905. The van der Waals surface area contributed by atoms with E-state index in [4.69, 9.17) is 17.3 Å². The van der Waals surface area contributed by atoms with Crippen LogP contribution in [-0.4, -0.2) is 32.5 Å². The Kier molecular flexibility index (Phi) is 5.64. The van der Waals surface area contributed by atoms with Crippen LogP contribution in [0, 0.1) is 12.8 Å². The highest BCUT2D eigenvalue weighted by atomic mass is 35.5. The highest BCUT2D eigenvalue weighted by molar-refractivity contribution is 6.30. The number of pyridine rings is 1. The van der Waals surface area contributed by atoms with Gasteiger partial charge < -0.3 is 11.1 Å². The molecule has 0 unspecified atom stereocenters. The lowest BCUT2D eigenvalue weighted by Gasteiger charge is -2.28. The van der Waals surface area contributed by atoms with Gasteiger partial charge in [0, 0.05) is 36.8 Å². The standard InChI is InChI=1S/C18H20ClF2N5O2/c1-10-14(17(28)24-12-4-7-23-13(8-12)16(22)27)26(25-15(10)19)9-11-2-5-18(20,21)6-3-11/h4,7-8,11H,2-3,5-6,9H2,1H3,(H2,22,27)(H,23,24,28). The predicted octanol–water partition coefficient (Wildman–Crippen LogP) is 3.42. The first-order chi connectivity index (χ1) is 13.2. The van der Waals surface area contributed by atoms with Gasteiger partial charge in [0.05, 0.1) is 0 Å². The Balaban J connectivity index is 1.79. The van der Waals surface area contributed by atoms with Crippen LogP contribution in [0.2, 0.25) is 5.15 Å². The zero-order chi connectivity index (χ0) is 20.5. The van der Waals surface area contributed by atoms with Crippen LogP contribution < -0.4 is 11.1 Å². The number of halogens is 3. The quantitative estimate of drug-likeness (QED) is 0.786. The van der Waals surface area contributed by atoms with Crippen molar-refractivity contribution in [1.82, 2.24) is 14.8 Å². The molecule has 3 rings (SSSR count). The molecule has 0 saturated heterocycles. The van der Waals surface area contributed by atoms with Crippen LogP contribution in [0.25, 0.3) is 0 Å². The first-order valence-corrected chi connectivity index (χ1v) is 9.22. The lowest BCUT2D eigenvalue weighted by atomic mass is 9.87. The molecule has 2 amide bonds. The van der Waals surface area contributed by atoms with Gasteiger partial charge >= 0.3 is 0 Å². The lowest BCUT2D eigenvalue weighted by molar-refractivity contribution is -0.0477. The minimum atomic E-state index is -2.62. The number of amides is 2. The smallest absolute Gasteiger partial charge is 0.274 e. The maximum absolute atomic E-state index is 13.4. The molecule has 7 nitrogen and oxygen atoms in total. The summed E-state index contributed by atoms with van der Waals surface area (Å²) in [6.07, 6.45) is 1.74. The summed E-state index contributed by atoms with van der Waals surface area (Å²) in [6.45, 7) is 1.99. The minimum absolute atomic E-state index is 0.0102. The fourth-order valence-corrected chi connectivity index (χ4v) is 3.48. The van der Waals surface area contributed by atoms with Crippen LogP contribution in [0.4, 0.5) is 14.5 Å². The number of aromatic nitrogens is 3. The van der Waals surface area contributed by atoms with Gasteiger partial charge in [0.2, 0.25) is 5.92 Å². The monoisotopic (exact) mass is 411 g/mol. The molecule has 0 atom stereocenters. The van der Waals surface area contributed by atoms with E-state index >= 15 is 0 Å². The van der Waals surface area contributed by atoms with E-state index in [0.29, 0.717) is 30.6 Å². The Hall–Kier alpha value is -2.55. The summed E-state index contributed by atoms with van der Waals surface area (Å²) < 4.78 is 28.2. The van der Waals surface area contributed by atoms with E-state index in [9.17, 15) is 18.4 Å². The molecule has 0 aliphatic heterocycles. The van der Waals surface area contributed by atoms with Gasteiger partial charge in [-0.25, -0.2) is 8.78 Å². The van der Waals surface area contributed by atoms with Gasteiger partial charge in [-0.1, -0.05) is 11.6 Å². The first-order valence-electron chi connectivity index (χ1n) is 8.84. The SMILES string of the molecule is Cc1c(Cl)nn(CC2CCC(F)(F)CC2)c1C(=O)Nc1ccnc(C(N)=O)c1. The number of anilines is 1. The van der Waals surface area contributed by atoms with E-state index in [1.54, 1.807) is 6.92 Å². The maximum Gasteiger partial charge on any atom is 0.274 e. The van der Waals surface area contributed by atoms with Crippen LogP contribution in [0.1, 0.15) is 52.2 Å². The van der Waals surface area contributed by atoms with E-state index in [1.165, 1.54) is 23.0 Å². The summed E-state index contributed by atoms with van der Waals surface area (Å²) in [5.41, 5.74) is 6.30. The van der Waals surface area contributed by atoms with Gasteiger partial charge in [0.25, 0.3) is 11.8 Å². The third-order valence-corrected chi connectivity index (χ3v) is 5.24. The van der Waals surface area contributed by atoms with E-state index in [1.807, 2.05) is 0 Å². The van der Waals surface area contributed by atoms with Gasteiger partial charge in [0.1, 0.15) is 11.4 Å². The minimum Gasteiger partial charge on any atom is -0.364 e. The number of carbonyl (C=O) groups excluding carboxylic acids is 2. The molecule has 1 saturated carbocycles. The Labute approximate surface area is 165 Å². The summed E-state index contributed by atoms with van der Waals surface area (Å²) in [5.74, 6) is -3.81. The maximum atomic E-state index is 13.4. The molecule has 3 N–H and O–H groups in total. The van der Waals surface area contributed by atoms with Crippen molar-refractivity contribution in [3.63, 3.8) is 0 Å². The van der Waals surface area contributed by atoms with E-state index in [2.05, 4.69) is 15.4 Å². The number of nitrogens with one attached hydrogen (secondary N) is 1. The van der Waals surface area contributed by atoms with E-state index in [0.717, 1.165) is 0 Å². The number of carbonyl (C=O) groups is 2. The number of hydrogen-bond donors (Lipinski definition) is 2. The highest BCUT2D eigenvalue weighted by Crippen LogP contribution is 2.37. The van der Waals surface area contributed by atoms with Gasteiger partial charge in [-0.05, 0) is 37.8 Å². The van der Waals surface area contributed by atoms with Gasteiger partial charge in [-0.15, -0.1) is 0 Å². The van der Waals surface area contributed by atoms with Gasteiger partial charge in [-0.2, -0.15) is 5.10 Å². The molecule has 2 aromatic rings. The van der Waals surface area contributed by atoms with Crippen LogP contribution in [0.5, 0.6) is 0 Å². The summed E-state index contributed by atoms with van der Waals surface area (Å²) >= 11 is 6.11. The Morgan fingerprint density at radius 3 is 2.71 bits per heavy atom. The molecule has 0 bridgehead atoms. The van der Waals surface area contributed by atoms with Crippen molar-refractivity contribution < 1.29 is 18.4 Å². The largest absolute Gasteiger partial charge is 0.364 e. The summed E-state index contributed by atoms with van der Waals surface area (Å²) in [5, 5.41) is 7.05. The number of rotatable bonds is 5. The number of hydrogen-bond acceptors (Lipinski definition) is 4. The predicted molar refractivity (Wildman–Crippen MR) is 99.6 cm³/mol. The lowest BCUT2D eigenvalue weighted by Crippen LogP contribution is -2.28. The number of nitrogens with zero attached hydrogens (tertiary/aromatic N) is 3. The molecule has 10 heteroatoms. The average molecular weight is 412 g/mol. The molecule has 28 heavy (non-hydrogen) atoms. The third kappa shape index (κ3) is 4.46. The van der Waals surface area contributed by atoms with Crippen molar-refractivity contribution >= 4 is 29.1 Å². The number of primary amides is 1. The topological polar surface area (TPSA) is 103 Å². The molecule has 0 aromatic carbocycles. The van der Waals surface area contributed by atoms with Crippen molar-refractivity contribution in [2.24, 2.45) is 11.7 Å². The summed E-state index contributed by atoms with van der Waals surface area (Å²) in [6, 6.07) is 2.88. The zero-order valence-corrected chi connectivity index (χ0v) is 16.0. The number of nitrogens with two attached hydrogens (primary N) is 1. The van der Waals surface area contributed by atoms with Crippen molar-refractivity contribution in [2.75, 3.05) is 5.32 Å². The molecule has 150 valence electrons. The second-order valence-electron chi connectivity index (χ2n) is 6.99. The van der Waals surface area contributed by atoms with Crippen LogP contribution in [0.3, 0.4) is 0 Å². The molecule has 1 aliphatic rings. The normalized spacial score (nSPS) is 16.7. The molecule has 0 radical (unpaired) electrons. The van der Waals surface area contributed by atoms with E-state index in [-0.39, 0.29) is 35.3 Å². The van der Waals surface area contributed by atoms with Crippen molar-refractivity contribution in [1.29, 1.82) is 0 Å². The van der Waals surface area contributed by atoms with Crippen LogP contribution >= 0.6 is 11.6 Å². The van der Waals surface area contributed by atoms with Crippen LogP contribution in [0.15, 0.2) is 18.3 Å². The second kappa shape index (κ2) is 7.83. The molecule has 2 aromatic heterocycles. The highest BCUT2D eigenvalue weighted by Gasteiger charge is 2.35. The van der Waals surface area contributed by atoms with Gasteiger partial charge in [0.15, 0.2) is 5.15 Å². The Morgan fingerprint density at radius 1 is 1.39 bits per heavy atom. The molecule has 1 aliphatic carbocycles. The average Bonchev–Trinajstić information content (AvgIpc) is 2.91. The molecular formula is C18H20ClF2N5O2. The first kappa shape index (κ1) is 20.2. The number of alkyl halides is 2. The zero-order valence-electron chi connectivity index (χ0n) is 15.2. The van der Waals surface area contributed by atoms with E-state index < -0.39 is 17.7 Å².